The average molecular weight is 640 g/mol. The lowest BCUT2D eigenvalue weighted by atomic mass is 10.1. The summed E-state index contributed by atoms with van der Waals surface area (Å²) in [6, 6.07) is 19.6. The molecular weight excluding hydrogens is 594 g/mol. The van der Waals surface area contributed by atoms with E-state index in [9.17, 15) is 18.0 Å². The summed E-state index contributed by atoms with van der Waals surface area (Å²) in [5, 5.41) is 2.99. The predicted octanol–water partition coefficient (Wildman–Crippen LogP) is 5.06. The van der Waals surface area contributed by atoms with Gasteiger partial charge < -0.3 is 24.4 Å². The zero-order valence-electron chi connectivity index (χ0n) is 27.0. The summed E-state index contributed by atoms with van der Waals surface area (Å²) >= 11 is 0. The van der Waals surface area contributed by atoms with E-state index >= 15 is 0 Å². The van der Waals surface area contributed by atoms with Gasteiger partial charge >= 0.3 is 0 Å². The van der Waals surface area contributed by atoms with E-state index in [1.54, 1.807) is 24.3 Å². The fourth-order valence-electron chi connectivity index (χ4n) is 4.85. The van der Waals surface area contributed by atoms with Crippen LogP contribution in [0.25, 0.3) is 0 Å². The van der Waals surface area contributed by atoms with Gasteiger partial charge in [0.1, 0.15) is 18.3 Å². The first-order valence-electron chi connectivity index (χ1n) is 15.2. The number of nitrogens with zero attached hydrogens (tertiary/aromatic N) is 2. The molecule has 0 fully saturated rings. The lowest BCUT2D eigenvalue weighted by Crippen LogP contribution is -2.54. The molecule has 0 saturated heterocycles. The number of amides is 2. The van der Waals surface area contributed by atoms with Crippen molar-refractivity contribution in [2.75, 3.05) is 38.2 Å². The molecule has 0 radical (unpaired) electrons. The number of ether oxygens (including phenoxy) is 3. The van der Waals surface area contributed by atoms with Crippen LogP contribution in [0, 0.1) is 0 Å². The zero-order chi connectivity index (χ0) is 33.0. The summed E-state index contributed by atoms with van der Waals surface area (Å²) in [6.07, 6.45) is 1.58. The second-order valence-electron chi connectivity index (χ2n) is 10.5. The number of carbonyl (C=O) groups excluding carboxylic acids is 2. The van der Waals surface area contributed by atoms with Crippen LogP contribution >= 0.6 is 0 Å². The van der Waals surface area contributed by atoms with E-state index in [1.807, 2.05) is 58.0 Å². The third-order valence-electron chi connectivity index (χ3n) is 7.53. The summed E-state index contributed by atoms with van der Waals surface area (Å²) in [6.45, 7) is 7.71. The van der Waals surface area contributed by atoms with Gasteiger partial charge in [0.2, 0.25) is 11.8 Å². The monoisotopic (exact) mass is 639 g/mol. The first-order valence-corrected chi connectivity index (χ1v) is 16.6. The van der Waals surface area contributed by atoms with Crippen LogP contribution in [0.3, 0.4) is 0 Å². The number of rotatable bonds is 17. The first kappa shape index (κ1) is 35.2. The Morgan fingerprint density at radius 2 is 1.53 bits per heavy atom. The van der Waals surface area contributed by atoms with Crippen LogP contribution in [0.4, 0.5) is 5.69 Å². The molecule has 0 aromatic heterocycles. The van der Waals surface area contributed by atoms with Crippen LogP contribution in [0.15, 0.2) is 77.7 Å². The minimum atomic E-state index is -4.30. The summed E-state index contributed by atoms with van der Waals surface area (Å²) in [7, 11) is -1.42. The summed E-state index contributed by atoms with van der Waals surface area (Å²) in [5.41, 5.74) is 1.26. The van der Waals surface area contributed by atoms with Crippen LogP contribution in [0.5, 0.6) is 17.2 Å². The van der Waals surface area contributed by atoms with Gasteiger partial charge in [-0.3, -0.25) is 13.9 Å². The maximum absolute atomic E-state index is 14.3. The SMILES string of the molecule is CCOc1ccc(N(CC(=O)N(CCc2ccccc2)[C@@H](CC)C(=O)N[C@H](C)CC)S(=O)(=O)c2ccc(OC)c(OC)c2)cc1. The highest BCUT2D eigenvalue weighted by Crippen LogP contribution is 2.33. The van der Waals surface area contributed by atoms with Crippen LogP contribution in [-0.2, 0) is 26.0 Å². The van der Waals surface area contributed by atoms with Crippen LogP contribution in [-0.4, -0.2) is 71.1 Å². The highest BCUT2D eigenvalue weighted by Gasteiger charge is 2.34. The molecule has 11 heteroatoms. The van der Waals surface area contributed by atoms with Crippen molar-refractivity contribution in [2.24, 2.45) is 0 Å². The molecule has 0 spiro atoms. The second-order valence-corrected chi connectivity index (χ2v) is 12.4. The molecule has 10 nitrogen and oxygen atoms in total. The Morgan fingerprint density at radius 1 is 0.867 bits per heavy atom. The Kier molecular flexibility index (Phi) is 13.1. The number of nitrogens with one attached hydrogen (secondary N) is 1. The Labute approximate surface area is 267 Å². The molecule has 244 valence electrons. The molecule has 2 amide bonds. The molecule has 0 aliphatic carbocycles. The van der Waals surface area contributed by atoms with Crippen LogP contribution in [0.2, 0.25) is 0 Å². The van der Waals surface area contributed by atoms with Crippen molar-refractivity contribution in [3.63, 3.8) is 0 Å². The average Bonchev–Trinajstić information content (AvgIpc) is 3.05. The molecular formula is C34H45N3O7S. The van der Waals surface area contributed by atoms with Crippen LogP contribution in [0.1, 0.15) is 46.1 Å². The molecule has 0 heterocycles. The van der Waals surface area contributed by atoms with Crippen molar-refractivity contribution in [2.45, 2.75) is 63.9 Å². The molecule has 2 atom stereocenters. The lowest BCUT2D eigenvalue weighted by Gasteiger charge is -2.33. The van der Waals surface area contributed by atoms with Gasteiger partial charge in [0.15, 0.2) is 11.5 Å². The smallest absolute Gasteiger partial charge is 0.264 e. The molecule has 3 rings (SSSR count). The van der Waals surface area contributed by atoms with Crippen molar-refractivity contribution >= 4 is 27.5 Å². The highest BCUT2D eigenvalue weighted by molar-refractivity contribution is 7.92. The normalized spacial score (nSPS) is 12.5. The predicted molar refractivity (Wildman–Crippen MR) is 176 cm³/mol. The molecule has 0 aliphatic rings. The van der Waals surface area contributed by atoms with Gasteiger partial charge in [-0.1, -0.05) is 44.2 Å². The van der Waals surface area contributed by atoms with E-state index < -0.39 is 28.5 Å². The third-order valence-corrected chi connectivity index (χ3v) is 9.30. The number of methoxy groups -OCH3 is 2. The standard InChI is InChI=1S/C34H45N3O7S/c1-7-25(4)35-34(39)30(8-2)36(22-21-26-13-11-10-12-14-26)33(38)24-37(27-15-17-28(18-16-27)44-9-3)45(40,41)29-19-20-31(42-5)32(23-29)43-6/h10-20,23,25,30H,7-9,21-22,24H2,1-6H3,(H,35,39)/t25-,30+/m1/s1. The minimum Gasteiger partial charge on any atom is -0.494 e. The van der Waals surface area contributed by atoms with E-state index in [0.717, 1.165) is 16.3 Å². The van der Waals surface area contributed by atoms with Gasteiger partial charge in [-0.25, -0.2) is 8.42 Å². The molecule has 0 bridgehead atoms. The third kappa shape index (κ3) is 9.13. The fourth-order valence-corrected chi connectivity index (χ4v) is 6.28. The maximum atomic E-state index is 14.3. The number of carbonyl (C=O) groups is 2. The zero-order valence-corrected chi connectivity index (χ0v) is 27.8. The Balaban J connectivity index is 2.07. The Hall–Kier alpha value is -4.25. The molecule has 0 aliphatic heterocycles. The van der Waals surface area contributed by atoms with Crippen molar-refractivity contribution in [1.29, 1.82) is 0 Å². The quantitative estimate of drug-likeness (QED) is 0.220. The molecule has 0 unspecified atom stereocenters. The fraction of sp³-hybridized carbons (Fsp3) is 0.412. The van der Waals surface area contributed by atoms with Crippen molar-refractivity contribution < 1.29 is 32.2 Å². The van der Waals surface area contributed by atoms with E-state index in [-0.39, 0.29) is 34.8 Å². The van der Waals surface area contributed by atoms with Gasteiger partial charge in [0, 0.05) is 18.7 Å². The number of hydrogen-bond donors (Lipinski definition) is 1. The van der Waals surface area contributed by atoms with Gasteiger partial charge in [-0.05, 0) is 75.1 Å². The lowest BCUT2D eigenvalue weighted by molar-refractivity contribution is -0.139. The van der Waals surface area contributed by atoms with Gasteiger partial charge in [0.05, 0.1) is 31.4 Å². The molecule has 0 saturated carbocycles. The van der Waals surface area contributed by atoms with Gasteiger partial charge in [-0.15, -0.1) is 0 Å². The molecule has 3 aromatic carbocycles. The van der Waals surface area contributed by atoms with E-state index in [4.69, 9.17) is 14.2 Å². The number of sulfonamides is 1. The second kappa shape index (κ2) is 16.7. The summed E-state index contributed by atoms with van der Waals surface area (Å²) in [4.78, 5) is 29.1. The largest absolute Gasteiger partial charge is 0.494 e. The Morgan fingerprint density at radius 3 is 2.11 bits per heavy atom. The minimum absolute atomic E-state index is 0.0802. The molecule has 45 heavy (non-hydrogen) atoms. The van der Waals surface area contributed by atoms with Gasteiger partial charge in [0.25, 0.3) is 10.0 Å². The van der Waals surface area contributed by atoms with E-state index in [0.29, 0.717) is 30.9 Å². The van der Waals surface area contributed by atoms with Gasteiger partial charge in [-0.2, -0.15) is 0 Å². The van der Waals surface area contributed by atoms with Crippen molar-refractivity contribution in [1.82, 2.24) is 10.2 Å². The number of anilines is 1. The van der Waals surface area contributed by atoms with Crippen molar-refractivity contribution in [3.05, 3.63) is 78.4 Å². The van der Waals surface area contributed by atoms with E-state index in [2.05, 4.69) is 5.32 Å². The first-order chi connectivity index (χ1) is 21.6. The highest BCUT2D eigenvalue weighted by atomic mass is 32.2. The molecule has 3 aromatic rings. The summed E-state index contributed by atoms with van der Waals surface area (Å²) in [5.74, 6) is 0.381. The number of hydrogen-bond acceptors (Lipinski definition) is 7. The molecule has 1 N–H and O–H groups in total. The van der Waals surface area contributed by atoms with Crippen molar-refractivity contribution in [3.8, 4) is 17.2 Å². The Bertz CT molecular complexity index is 1500. The summed E-state index contributed by atoms with van der Waals surface area (Å²) < 4.78 is 45.8. The van der Waals surface area contributed by atoms with E-state index in [1.165, 1.54) is 37.3 Å². The topological polar surface area (TPSA) is 114 Å². The maximum Gasteiger partial charge on any atom is 0.264 e. The number of benzene rings is 3. The van der Waals surface area contributed by atoms with Crippen LogP contribution < -0.4 is 23.8 Å².